The average molecular weight is 409 g/mol. The molecule has 0 bridgehead atoms. The second-order valence-electron chi connectivity index (χ2n) is 9.20. The summed E-state index contributed by atoms with van der Waals surface area (Å²) in [6.45, 7) is 4.15. The number of likely N-dealkylation sites (tertiary alicyclic amines) is 1. The first-order valence-corrected chi connectivity index (χ1v) is 10.8. The Morgan fingerprint density at radius 2 is 2.00 bits per heavy atom. The molecule has 154 valence electrons. The fourth-order valence-corrected chi connectivity index (χ4v) is 5.81. The number of nitrogens with zero attached hydrogens (tertiary/aromatic N) is 1. The Bertz CT molecular complexity index is 701. The summed E-state index contributed by atoms with van der Waals surface area (Å²) in [6, 6.07) is 3.94. The standard InChI is InChI=1S/C22H30ClFN2O2/c1-28-22(4-2-3-5-22)6-7-26-14-21(15-26)11-16(12-21)13-25-20(27)17-8-18(23)10-19(24)9-17/h8-10,16H,2-7,11-15H2,1H3,(H,25,27). The molecule has 4 nitrogen and oxygen atoms in total. The molecule has 0 aromatic heterocycles. The van der Waals surface area contributed by atoms with E-state index < -0.39 is 5.82 Å². The van der Waals surface area contributed by atoms with Crippen LogP contribution >= 0.6 is 11.6 Å². The van der Waals surface area contributed by atoms with E-state index in [1.54, 1.807) is 0 Å². The molecule has 3 fully saturated rings. The number of methoxy groups -OCH3 is 1. The van der Waals surface area contributed by atoms with E-state index in [1.807, 2.05) is 7.11 Å². The lowest BCUT2D eigenvalue weighted by molar-refractivity contribution is -0.104. The van der Waals surface area contributed by atoms with Crippen LogP contribution < -0.4 is 5.32 Å². The summed E-state index contributed by atoms with van der Waals surface area (Å²) < 4.78 is 19.2. The topological polar surface area (TPSA) is 41.6 Å². The van der Waals surface area contributed by atoms with Crippen molar-refractivity contribution in [3.05, 3.63) is 34.6 Å². The van der Waals surface area contributed by atoms with E-state index >= 15 is 0 Å². The highest BCUT2D eigenvalue weighted by Gasteiger charge is 2.52. The summed E-state index contributed by atoms with van der Waals surface area (Å²) in [5, 5.41) is 3.18. The Labute approximate surface area is 171 Å². The average Bonchev–Trinajstić information content (AvgIpc) is 3.06. The largest absolute Gasteiger partial charge is 0.378 e. The zero-order valence-corrected chi connectivity index (χ0v) is 17.4. The van der Waals surface area contributed by atoms with Gasteiger partial charge in [-0.25, -0.2) is 4.39 Å². The lowest BCUT2D eigenvalue weighted by Crippen LogP contribution is -2.63. The molecule has 4 rings (SSSR count). The number of carbonyl (C=O) groups is 1. The van der Waals surface area contributed by atoms with Crippen molar-refractivity contribution in [1.29, 1.82) is 0 Å². The molecule has 28 heavy (non-hydrogen) atoms. The maximum Gasteiger partial charge on any atom is 0.251 e. The van der Waals surface area contributed by atoms with Crippen LogP contribution in [0.4, 0.5) is 4.39 Å². The molecule has 1 spiro atoms. The highest BCUT2D eigenvalue weighted by Crippen LogP contribution is 2.52. The predicted molar refractivity (Wildman–Crippen MR) is 108 cm³/mol. The van der Waals surface area contributed by atoms with Crippen molar-refractivity contribution < 1.29 is 13.9 Å². The highest BCUT2D eigenvalue weighted by molar-refractivity contribution is 6.31. The molecule has 1 aromatic rings. The normalized spacial score (nSPS) is 23.4. The van der Waals surface area contributed by atoms with Gasteiger partial charge in [-0.15, -0.1) is 0 Å². The van der Waals surface area contributed by atoms with Gasteiger partial charge in [-0.05, 0) is 61.6 Å². The van der Waals surface area contributed by atoms with E-state index in [1.165, 1.54) is 69.8 Å². The van der Waals surface area contributed by atoms with Gasteiger partial charge in [-0.3, -0.25) is 4.79 Å². The molecule has 1 heterocycles. The third-order valence-corrected chi connectivity index (χ3v) is 7.29. The van der Waals surface area contributed by atoms with E-state index in [0.717, 1.165) is 13.0 Å². The van der Waals surface area contributed by atoms with Crippen LogP contribution in [-0.4, -0.2) is 49.7 Å². The van der Waals surface area contributed by atoms with Gasteiger partial charge in [0.25, 0.3) is 5.91 Å². The van der Waals surface area contributed by atoms with E-state index in [2.05, 4.69) is 10.2 Å². The lowest BCUT2D eigenvalue weighted by atomic mass is 9.57. The SMILES string of the molecule is COC1(CCN2CC3(CC(CNC(=O)c4cc(F)cc(Cl)c4)C3)C2)CCCC1. The van der Waals surface area contributed by atoms with Crippen LogP contribution in [0.3, 0.4) is 0 Å². The van der Waals surface area contributed by atoms with Crippen molar-refractivity contribution in [2.75, 3.05) is 33.3 Å². The highest BCUT2D eigenvalue weighted by atomic mass is 35.5. The van der Waals surface area contributed by atoms with Gasteiger partial charge in [0.2, 0.25) is 0 Å². The summed E-state index contributed by atoms with van der Waals surface area (Å²) >= 11 is 5.83. The number of benzene rings is 1. The summed E-state index contributed by atoms with van der Waals surface area (Å²) in [5.74, 6) is -0.211. The zero-order chi connectivity index (χ0) is 19.8. The lowest BCUT2D eigenvalue weighted by Gasteiger charge is -2.59. The molecule has 1 saturated heterocycles. The van der Waals surface area contributed by atoms with E-state index in [-0.39, 0.29) is 22.1 Å². The van der Waals surface area contributed by atoms with Gasteiger partial charge in [-0.2, -0.15) is 0 Å². The smallest absolute Gasteiger partial charge is 0.251 e. The predicted octanol–water partition coefficient (Wildman–Crippen LogP) is 4.27. The Morgan fingerprint density at radius 1 is 1.29 bits per heavy atom. The van der Waals surface area contributed by atoms with Crippen molar-refractivity contribution in [2.45, 2.75) is 50.5 Å². The Kier molecular flexibility index (Phi) is 5.69. The van der Waals surface area contributed by atoms with Crippen LogP contribution in [-0.2, 0) is 4.74 Å². The molecular formula is C22H30ClFN2O2. The summed E-state index contributed by atoms with van der Waals surface area (Å²) in [5.41, 5.74) is 0.885. The number of hydrogen-bond acceptors (Lipinski definition) is 3. The molecule has 6 heteroatoms. The number of carbonyl (C=O) groups excluding carboxylic acids is 1. The van der Waals surface area contributed by atoms with Gasteiger partial charge < -0.3 is 15.0 Å². The summed E-state index contributed by atoms with van der Waals surface area (Å²) in [6.07, 6.45) is 8.50. The quantitative estimate of drug-likeness (QED) is 0.732. The Hall–Kier alpha value is -1.17. The first kappa shape index (κ1) is 20.1. The fourth-order valence-electron chi connectivity index (χ4n) is 5.59. The fraction of sp³-hybridized carbons (Fsp3) is 0.682. The maximum absolute atomic E-state index is 13.4. The number of halogens is 2. The molecule has 1 amide bonds. The molecule has 3 aliphatic rings. The maximum atomic E-state index is 13.4. The second kappa shape index (κ2) is 7.92. The number of rotatable bonds is 7. The first-order chi connectivity index (χ1) is 13.4. The van der Waals surface area contributed by atoms with Crippen LogP contribution in [0.15, 0.2) is 18.2 Å². The molecule has 0 radical (unpaired) electrons. The van der Waals surface area contributed by atoms with Crippen molar-refractivity contribution in [3.63, 3.8) is 0 Å². The Morgan fingerprint density at radius 3 is 2.64 bits per heavy atom. The molecular weight excluding hydrogens is 379 g/mol. The minimum atomic E-state index is -0.484. The van der Waals surface area contributed by atoms with Gasteiger partial charge in [0, 0.05) is 43.9 Å². The molecule has 0 unspecified atom stereocenters. The minimum absolute atomic E-state index is 0.134. The number of amides is 1. The Balaban J connectivity index is 1.15. The van der Waals surface area contributed by atoms with Crippen LogP contribution in [0, 0.1) is 17.2 Å². The van der Waals surface area contributed by atoms with Gasteiger partial charge >= 0.3 is 0 Å². The molecule has 2 aliphatic carbocycles. The third kappa shape index (κ3) is 4.22. The summed E-state index contributed by atoms with van der Waals surface area (Å²) in [7, 11) is 1.87. The van der Waals surface area contributed by atoms with Gasteiger partial charge in [0.1, 0.15) is 5.82 Å². The van der Waals surface area contributed by atoms with Crippen LogP contribution in [0.2, 0.25) is 5.02 Å². The van der Waals surface area contributed by atoms with Crippen molar-refractivity contribution in [1.82, 2.24) is 10.2 Å². The van der Waals surface area contributed by atoms with Crippen LogP contribution in [0.5, 0.6) is 0 Å². The molecule has 0 atom stereocenters. The number of ether oxygens (including phenoxy) is 1. The molecule has 2 saturated carbocycles. The van der Waals surface area contributed by atoms with E-state index in [4.69, 9.17) is 16.3 Å². The van der Waals surface area contributed by atoms with Crippen LogP contribution in [0.25, 0.3) is 0 Å². The van der Waals surface area contributed by atoms with Crippen molar-refractivity contribution >= 4 is 17.5 Å². The number of hydrogen-bond donors (Lipinski definition) is 1. The zero-order valence-electron chi connectivity index (χ0n) is 16.6. The van der Waals surface area contributed by atoms with Gasteiger partial charge in [0.05, 0.1) is 5.60 Å². The monoisotopic (exact) mass is 408 g/mol. The molecule has 1 aromatic carbocycles. The second-order valence-corrected chi connectivity index (χ2v) is 9.63. The van der Waals surface area contributed by atoms with E-state index in [9.17, 15) is 9.18 Å². The number of nitrogens with one attached hydrogen (secondary N) is 1. The third-order valence-electron chi connectivity index (χ3n) is 7.07. The van der Waals surface area contributed by atoms with Gasteiger partial charge in [0.15, 0.2) is 0 Å². The first-order valence-electron chi connectivity index (χ1n) is 10.4. The van der Waals surface area contributed by atoms with E-state index in [0.29, 0.717) is 17.9 Å². The van der Waals surface area contributed by atoms with Crippen LogP contribution in [0.1, 0.15) is 55.3 Å². The molecule has 1 N–H and O–H groups in total. The minimum Gasteiger partial charge on any atom is -0.378 e. The molecule has 1 aliphatic heterocycles. The van der Waals surface area contributed by atoms with Crippen molar-refractivity contribution in [2.24, 2.45) is 11.3 Å². The van der Waals surface area contributed by atoms with Crippen molar-refractivity contribution in [3.8, 4) is 0 Å². The summed E-state index contributed by atoms with van der Waals surface area (Å²) in [4.78, 5) is 14.8. The van der Waals surface area contributed by atoms with Gasteiger partial charge in [-0.1, -0.05) is 24.4 Å².